The lowest BCUT2D eigenvalue weighted by molar-refractivity contribution is -0.137. The van der Waals surface area contributed by atoms with Gasteiger partial charge in [0.05, 0.1) is 30.5 Å². The van der Waals surface area contributed by atoms with Gasteiger partial charge in [0.15, 0.2) is 5.69 Å². The lowest BCUT2D eigenvalue weighted by Gasteiger charge is -2.18. The van der Waals surface area contributed by atoms with E-state index in [1.807, 2.05) is 13.8 Å². The summed E-state index contributed by atoms with van der Waals surface area (Å²) in [5, 5.41) is 26.9. The van der Waals surface area contributed by atoms with Crippen molar-refractivity contribution in [3.05, 3.63) is 60.0 Å². The van der Waals surface area contributed by atoms with E-state index in [1.54, 1.807) is 12.1 Å². The van der Waals surface area contributed by atoms with Gasteiger partial charge in [0.1, 0.15) is 17.3 Å². The zero-order valence-electron chi connectivity index (χ0n) is 18.6. The van der Waals surface area contributed by atoms with Gasteiger partial charge in [0.25, 0.3) is 5.91 Å². The number of nitrogens with one attached hydrogen (secondary N) is 1. The van der Waals surface area contributed by atoms with E-state index in [9.17, 15) is 24.2 Å². The maximum atomic E-state index is 13.5. The van der Waals surface area contributed by atoms with Crippen LogP contribution in [-0.4, -0.2) is 45.0 Å². The van der Waals surface area contributed by atoms with Crippen LogP contribution in [0, 0.1) is 11.7 Å². The standard InChI is InChI=1S/C24H26FN3O5/c1-14(2)11-16(12-22(30)31)26-24(32)18-13-19(23-20(29)5-4-6-21(23)33-3)28(27-18)17-9-7-15(25)8-10-17/h4-10,13-14,16,29H,11-12H2,1-3H3,(H,26,32)(H,30,31). The number of rotatable bonds is 9. The summed E-state index contributed by atoms with van der Waals surface area (Å²) in [6.07, 6.45) is 0.264. The molecule has 3 aromatic rings. The lowest BCUT2D eigenvalue weighted by Crippen LogP contribution is -2.37. The Bertz CT molecular complexity index is 1140. The number of aliphatic carboxylic acids is 1. The van der Waals surface area contributed by atoms with Crippen LogP contribution in [0.4, 0.5) is 4.39 Å². The quantitative estimate of drug-likeness (QED) is 0.449. The van der Waals surface area contributed by atoms with E-state index >= 15 is 0 Å². The first kappa shape index (κ1) is 23.8. The van der Waals surface area contributed by atoms with Gasteiger partial charge in [0.2, 0.25) is 0 Å². The van der Waals surface area contributed by atoms with Gasteiger partial charge in [-0.1, -0.05) is 19.9 Å². The molecule has 0 aliphatic heterocycles. The number of phenols is 1. The molecule has 33 heavy (non-hydrogen) atoms. The van der Waals surface area contributed by atoms with Crippen molar-refractivity contribution in [2.45, 2.75) is 32.7 Å². The third-order valence-electron chi connectivity index (χ3n) is 5.01. The van der Waals surface area contributed by atoms with Crippen molar-refractivity contribution in [3.8, 4) is 28.4 Å². The van der Waals surface area contributed by atoms with E-state index in [0.717, 1.165) is 0 Å². The second kappa shape index (κ2) is 10.2. The van der Waals surface area contributed by atoms with Crippen molar-refractivity contribution in [2.75, 3.05) is 7.11 Å². The van der Waals surface area contributed by atoms with Crippen LogP contribution < -0.4 is 10.1 Å². The number of hydrogen-bond donors (Lipinski definition) is 3. The molecule has 3 N–H and O–H groups in total. The molecule has 1 aromatic heterocycles. The molecule has 1 heterocycles. The lowest BCUT2D eigenvalue weighted by atomic mass is 10.0. The molecule has 0 aliphatic carbocycles. The van der Waals surface area contributed by atoms with Crippen molar-refractivity contribution < 1.29 is 28.9 Å². The largest absolute Gasteiger partial charge is 0.507 e. The van der Waals surface area contributed by atoms with Crippen LogP contribution in [0.5, 0.6) is 11.5 Å². The fourth-order valence-corrected chi connectivity index (χ4v) is 3.63. The average molecular weight is 455 g/mol. The Morgan fingerprint density at radius 2 is 1.88 bits per heavy atom. The molecule has 1 unspecified atom stereocenters. The maximum Gasteiger partial charge on any atom is 0.305 e. The summed E-state index contributed by atoms with van der Waals surface area (Å²) in [4.78, 5) is 24.2. The first-order valence-corrected chi connectivity index (χ1v) is 10.4. The molecule has 0 fully saturated rings. The Kier molecular flexibility index (Phi) is 7.32. The molecule has 0 saturated heterocycles. The van der Waals surface area contributed by atoms with E-state index in [2.05, 4.69) is 10.4 Å². The van der Waals surface area contributed by atoms with Gasteiger partial charge < -0.3 is 20.3 Å². The van der Waals surface area contributed by atoms with E-state index in [0.29, 0.717) is 29.1 Å². The van der Waals surface area contributed by atoms with E-state index in [1.165, 1.54) is 48.2 Å². The fourth-order valence-electron chi connectivity index (χ4n) is 3.63. The van der Waals surface area contributed by atoms with Crippen LogP contribution in [0.1, 0.15) is 37.2 Å². The molecule has 174 valence electrons. The molecule has 0 bridgehead atoms. The molecule has 0 aliphatic rings. The maximum absolute atomic E-state index is 13.5. The van der Waals surface area contributed by atoms with Crippen LogP contribution in [0.2, 0.25) is 0 Å². The highest BCUT2D eigenvalue weighted by Gasteiger charge is 2.24. The van der Waals surface area contributed by atoms with Gasteiger partial charge in [-0.25, -0.2) is 9.07 Å². The second-order valence-corrected chi connectivity index (χ2v) is 8.06. The number of methoxy groups -OCH3 is 1. The van der Waals surface area contributed by atoms with Gasteiger partial charge >= 0.3 is 5.97 Å². The fraction of sp³-hybridized carbons (Fsp3) is 0.292. The first-order valence-electron chi connectivity index (χ1n) is 10.4. The molecule has 1 atom stereocenters. The number of aromatic nitrogens is 2. The molecule has 2 aromatic carbocycles. The number of carboxylic acid groups (broad SMARTS) is 1. The van der Waals surface area contributed by atoms with Crippen molar-refractivity contribution in [2.24, 2.45) is 5.92 Å². The van der Waals surface area contributed by atoms with Crippen molar-refractivity contribution >= 4 is 11.9 Å². The number of benzene rings is 2. The molecular weight excluding hydrogens is 429 g/mol. The van der Waals surface area contributed by atoms with Crippen molar-refractivity contribution in [1.82, 2.24) is 15.1 Å². The summed E-state index contributed by atoms with van der Waals surface area (Å²) in [5.41, 5.74) is 1.12. The minimum absolute atomic E-state index is 0.0128. The number of nitrogens with zero attached hydrogens (tertiary/aromatic N) is 2. The second-order valence-electron chi connectivity index (χ2n) is 8.06. The van der Waals surface area contributed by atoms with Crippen LogP contribution in [0.3, 0.4) is 0 Å². The van der Waals surface area contributed by atoms with Crippen molar-refractivity contribution in [3.63, 3.8) is 0 Å². The average Bonchev–Trinajstić information content (AvgIpc) is 3.18. The number of phenolic OH excluding ortho intramolecular Hbond substituents is 1. The van der Waals surface area contributed by atoms with Crippen LogP contribution >= 0.6 is 0 Å². The summed E-state index contributed by atoms with van der Waals surface area (Å²) >= 11 is 0. The number of halogens is 1. The van der Waals surface area contributed by atoms with Gasteiger partial charge in [-0.15, -0.1) is 0 Å². The molecule has 1 amide bonds. The Hall–Kier alpha value is -3.88. The van der Waals surface area contributed by atoms with Gasteiger partial charge in [-0.3, -0.25) is 9.59 Å². The van der Waals surface area contributed by atoms with Gasteiger partial charge in [-0.05, 0) is 54.8 Å². The predicted molar refractivity (Wildman–Crippen MR) is 120 cm³/mol. The molecule has 3 rings (SSSR count). The normalized spacial score (nSPS) is 11.9. The minimum Gasteiger partial charge on any atom is -0.507 e. The number of amides is 1. The third-order valence-corrected chi connectivity index (χ3v) is 5.01. The number of aromatic hydroxyl groups is 1. The highest BCUT2D eigenvalue weighted by Crippen LogP contribution is 2.39. The number of carbonyl (C=O) groups excluding carboxylic acids is 1. The Labute approximate surface area is 190 Å². The van der Waals surface area contributed by atoms with E-state index < -0.39 is 23.7 Å². The van der Waals surface area contributed by atoms with Gasteiger partial charge in [0, 0.05) is 6.04 Å². The monoisotopic (exact) mass is 455 g/mol. The SMILES string of the molecule is COc1cccc(O)c1-c1cc(C(=O)NC(CC(=O)O)CC(C)C)nn1-c1ccc(F)cc1. The Balaban J connectivity index is 2.07. The third kappa shape index (κ3) is 5.68. The summed E-state index contributed by atoms with van der Waals surface area (Å²) < 4.78 is 20.3. The smallest absolute Gasteiger partial charge is 0.305 e. The molecular formula is C24H26FN3O5. The topological polar surface area (TPSA) is 114 Å². The summed E-state index contributed by atoms with van der Waals surface area (Å²) in [6.45, 7) is 3.87. The molecule has 9 heteroatoms. The molecule has 0 radical (unpaired) electrons. The molecule has 0 saturated carbocycles. The number of hydrogen-bond acceptors (Lipinski definition) is 5. The summed E-state index contributed by atoms with van der Waals surface area (Å²) in [5.74, 6) is -1.57. The van der Waals surface area contributed by atoms with Crippen LogP contribution in [0.15, 0.2) is 48.5 Å². The molecule has 0 spiro atoms. The first-order chi connectivity index (χ1) is 15.7. The van der Waals surface area contributed by atoms with E-state index in [-0.39, 0.29) is 23.8 Å². The highest BCUT2D eigenvalue weighted by molar-refractivity contribution is 5.94. The number of ether oxygens (including phenoxy) is 1. The van der Waals surface area contributed by atoms with Crippen molar-refractivity contribution in [1.29, 1.82) is 0 Å². The Morgan fingerprint density at radius 1 is 1.18 bits per heavy atom. The van der Waals surface area contributed by atoms with Crippen LogP contribution in [-0.2, 0) is 4.79 Å². The predicted octanol–water partition coefficient (Wildman–Crippen LogP) is 4.01. The zero-order valence-corrected chi connectivity index (χ0v) is 18.6. The summed E-state index contributed by atoms with van der Waals surface area (Å²) in [6, 6.07) is 11.2. The molecule has 8 nitrogen and oxygen atoms in total. The summed E-state index contributed by atoms with van der Waals surface area (Å²) in [7, 11) is 1.45. The van der Waals surface area contributed by atoms with E-state index in [4.69, 9.17) is 4.74 Å². The van der Waals surface area contributed by atoms with Crippen LogP contribution in [0.25, 0.3) is 16.9 Å². The number of carbonyl (C=O) groups is 2. The highest BCUT2D eigenvalue weighted by atomic mass is 19.1. The Morgan fingerprint density at radius 3 is 2.48 bits per heavy atom. The van der Waals surface area contributed by atoms with Gasteiger partial charge in [-0.2, -0.15) is 5.10 Å². The zero-order chi connectivity index (χ0) is 24.1. The number of carboxylic acids is 1. The minimum atomic E-state index is -1.02.